The Hall–Kier alpha value is -3.48. The highest BCUT2D eigenvalue weighted by atomic mass is 19.4. The fourth-order valence-electron chi connectivity index (χ4n) is 4.46. The van der Waals surface area contributed by atoms with Gasteiger partial charge >= 0.3 is 6.18 Å². The van der Waals surface area contributed by atoms with E-state index in [2.05, 4.69) is 30.4 Å². The van der Waals surface area contributed by atoms with E-state index in [4.69, 9.17) is 0 Å². The normalized spacial score (nSPS) is 16.1. The van der Waals surface area contributed by atoms with Crippen molar-refractivity contribution in [2.24, 2.45) is 11.8 Å². The van der Waals surface area contributed by atoms with Gasteiger partial charge in [0.05, 0.1) is 17.8 Å². The molecule has 0 aliphatic carbocycles. The maximum Gasteiger partial charge on any atom is 0.393 e. The summed E-state index contributed by atoms with van der Waals surface area (Å²) in [6, 6.07) is 11.4. The number of hydrogen-bond acceptors (Lipinski definition) is 3. The first kappa shape index (κ1) is 28.1. The summed E-state index contributed by atoms with van der Waals surface area (Å²) in [7, 11) is 1.70. The van der Waals surface area contributed by atoms with Crippen molar-refractivity contribution in [2.45, 2.75) is 39.3 Å². The third-order valence-electron chi connectivity index (χ3n) is 6.25. The van der Waals surface area contributed by atoms with Crippen LogP contribution >= 0.6 is 0 Å². The molecule has 3 rings (SSSR count). The lowest BCUT2D eigenvalue weighted by Crippen LogP contribution is -2.22. The molecule has 2 N–H and O–H groups in total. The zero-order chi connectivity index (χ0) is 27.3. The highest BCUT2D eigenvalue weighted by Crippen LogP contribution is 2.32. The lowest BCUT2D eigenvalue weighted by molar-refractivity contribution is -0.127. The van der Waals surface area contributed by atoms with Crippen molar-refractivity contribution >= 4 is 11.4 Å². The van der Waals surface area contributed by atoms with E-state index in [1.807, 2.05) is 13.8 Å². The first-order valence-corrected chi connectivity index (χ1v) is 12.3. The van der Waals surface area contributed by atoms with E-state index in [-0.39, 0.29) is 23.2 Å². The number of benzene rings is 2. The van der Waals surface area contributed by atoms with Crippen LogP contribution in [0.5, 0.6) is 0 Å². The average Bonchev–Trinajstić information content (AvgIpc) is 3.24. The number of alkyl halides is 3. The molecule has 37 heavy (non-hydrogen) atoms. The number of hydrogen-bond donors (Lipinski definition) is 2. The second kappa shape index (κ2) is 11.7. The van der Waals surface area contributed by atoms with Crippen LogP contribution in [0.4, 0.5) is 23.2 Å². The van der Waals surface area contributed by atoms with E-state index in [0.717, 1.165) is 17.8 Å². The number of rotatable bonds is 10. The summed E-state index contributed by atoms with van der Waals surface area (Å²) >= 11 is 0. The van der Waals surface area contributed by atoms with Crippen LogP contribution in [0, 0.1) is 17.7 Å². The molecule has 1 heterocycles. The van der Waals surface area contributed by atoms with Crippen LogP contribution in [0.25, 0.3) is 5.70 Å². The van der Waals surface area contributed by atoms with Gasteiger partial charge in [-0.2, -0.15) is 13.2 Å². The second-order valence-corrected chi connectivity index (χ2v) is 9.99. The quantitative estimate of drug-likeness (QED) is 0.257. The summed E-state index contributed by atoms with van der Waals surface area (Å²) in [6.45, 7) is 16.9. The van der Waals surface area contributed by atoms with E-state index in [0.29, 0.717) is 41.2 Å². The molecule has 198 valence electrons. The van der Waals surface area contributed by atoms with Crippen LogP contribution in [0.1, 0.15) is 37.0 Å². The van der Waals surface area contributed by atoms with Crippen LogP contribution in [0.3, 0.4) is 0 Å². The number of halogens is 4. The molecular formula is C30H35F4N3. The standard InChI is InChI=1S/C30H35F4N3/c1-19(2)13-25-11-8-12-27(29(25)31)37(6)28(24-10-7-9-23(16-24)17-30(32,33)34)15-21(4)36-22(5)26-14-20(3)35-18-26/h7-12,15-16,19,26,35-36H,3-5,13-14,17-18H2,1-2,6H3/b28-15-. The Bertz CT molecular complexity index is 1190. The van der Waals surface area contributed by atoms with Crippen LogP contribution in [-0.2, 0) is 12.8 Å². The highest BCUT2D eigenvalue weighted by molar-refractivity contribution is 5.81. The average molecular weight is 514 g/mol. The van der Waals surface area contributed by atoms with Crippen molar-refractivity contribution in [1.29, 1.82) is 0 Å². The molecule has 0 radical (unpaired) electrons. The Morgan fingerprint density at radius 1 is 1.19 bits per heavy atom. The third kappa shape index (κ3) is 7.75. The third-order valence-corrected chi connectivity index (χ3v) is 6.25. The maximum atomic E-state index is 15.6. The van der Waals surface area contributed by atoms with Gasteiger partial charge in [0, 0.05) is 36.6 Å². The number of nitrogens with one attached hydrogen (secondary N) is 2. The predicted molar refractivity (Wildman–Crippen MR) is 144 cm³/mol. The van der Waals surface area contributed by atoms with Gasteiger partial charge in [-0.05, 0) is 53.7 Å². The zero-order valence-corrected chi connectivity index (χ0v) is 21.7. The second-order valence-electron chi connectivity index (χ2n) is 9.99. The van der Waals surface area contributed by atoms with E-state index in [1.54, 1.807) is 48.4 Å². The molecule has 3 nitrogen and oxygen atoms in total. The molecule has 1 atom stereocenters. The Balaban J connectivity index is 2.00. The van der Waals surface area contributed by atoms with Gasteiger partial charge in [0.2, 0.25) is 0 Å². The first-order valence-electron chi connectivity index (χ1n) is 12.3. The largest absolute Gasteiger partial charge is 0.393 e. The summed E-state index contributed by atoms with van der Waals surface area (Å²) in [6.07, 6.45) is -2.35. The predicted octanol–water partition coefficient (Wildman–Crippen LogP) is 7.35. The number of anilines is 1. The molecule has 2 aromatic carbocycles. The first-order chi connectivity index (χ1) is 17.3. The summed E-state index contributed by atoms with van der Waals surface area (Å²) in [5.41, 5.74) is 4.24. The van der Waals surface area contributed by atoms with Crippen molar-refractivity contribution < 1.29 is 17.6 Å². The Morgan fingerprint density at radius 2 is 1.89 bits per heavy atom. The van der Waals surface area contributed by atoms with Crippen LogP contribution in [0.15, 0.2) is 85.4 Å². The molecule has 1 unspecified atom stereocenters. The minimum atomic E-state index is -4.34. The van der Waals surface area contributed by atoms with E-state index >= 15 is 4.39 Å². The van der Waals surface area contributed by atoms with Crippen LogP contribution < -0.4 is 15.5 Å². The Labute approximate surface area is 217 Å². The summed E-state index contributed by atoms with van der Waals surface area (Å²) in [5.74, 6) is 0.0499. The van der Waals surface area contributed by atoms with Gasteiger partial charge in [0.1, 0.15) is 5.82 Å². The molecule has 0 aromatic heterocycles. The van der Waals surface area contributed by atoms with Gasteiger partial charge in [-0.1, -0.05) is 63.9 Å². The van der Waals surface area contributed by atoms with Gasteiger partial charge < -0.3 is 15.5 Å². The summed E-state index contributed by atoms with van der Waals surface area (Å²) in [5, 5.41) is 6.40. The van der Waals surface area contributed by atoms with Crippen molar-refractivity contribution in [3.05, 3.63) is 108 Å². The van der Waals surface area contributed by atoms with Crippen molar-refractivity contribution in [2.75, 3.05) is 18.5 Å². The van der Waals surface area contributed by atoms with Crippen molar-refractivity contribution in [3.63, 3.8) is 0 Å². The lowest BCUT2D eigenvalue weighted by atomic mass is 10.0. The molecule has 0 saturated carbocycles. The van der Waals surface area contributed by atoms with Crippen molar-refractivity contribution in [3.8, 4) is 0 Å². The fourth-order valence-corrected chi connectivity index (χ4v) is 4.46. The van der Waals surface area contributed by atoms with Crippen molar-refractivity contribution in [1.82, 2.24) is 10.6 Å². The minimum Gasteiger partial charge on any atom is -0.388 e. The van der Waals surface area contributed by atoms with E-state index in [1.165, 1.54) is 12.1 Å². The number of nitrogens with zero attached hydrogens (tertiary/aromatic N) is 1. The molecule has 1 saturated heterocycles. The van der Waals surface area contributed by atoms with Gasteiger partial charge in [-0.3, -0.25) is 0 Å². The minimum absolute atomic E-state index is 0.122. The molecule has 0 bridgehead atoms. The lowest BCUT2D eigenvalue weighted by Gasteiger charge is -2.26. The van der Waals surface area contributed by atoms with E-state index in [9.17, 15) is 13.2 Å². The zero-order valence-electron chi connectivity index (χ0n) is 21.7. The van der Waals surface area contributed by atoms with Gasteiger partial charge in [-0.25, -0.2) is 4.39 Å². The van der Waals surface area contributed by atoms with Crippen LogP contribution in [0.2, 0.25) is 0 Å². The molecule has 1 aliphatic heterocycles. The molecule has 7 heteroatoms. The maximum absolute atomic E-state index is 15.6. The summed E-state index contributed by atoms with van der Waals surface area (Å²) < 4.78 is 54.9. The summed E-state index contributed by atoms with van der Waals surface area (Å²) in [4.78, 5) is 1.65. The monoisotopic (exact) mass is 513 g/mol. The van der Waals surface area contributed by atoms with Gasteiger partial charge in [-0.15, -0.1) is 0 Å². The smallest absolute Gasteiger partial charge is 0.388 e. The van der Waals surface area contributed by atoms with Crippen LogP contribution in [-0.4, -0.2) is 19.8 Å². The fraction of sp³-hybridized carbons (Fsp3) is 0.333. The SMILES string of the molecule is C=C(/C=C(/c1cccc(CC(F)(F)F)c1)N(C)c1cccc(CC(C)C)c1F)NC(=C)C1CNC(=C)C1. The molecule has 2 aromatic rings. The molecule has 0 amide bonds. The molecule has 1 aliphatic rings. The Morgan fingerprint density at radius 3 is 2.51 bits per heavy atom. The number of allylic oxidation sites excluding steroid dienone is 2. The Kier molecular flexibility index (Phi) is 8.89. The van der Waals surface area contributed by atoms with Gasteiger partial charge in [0.25, 0.3) is 0 Å². The van der Waals surface area contributed by atoms with Gasteiger partial charge in [0.15, 0.2) is 0 Å². The highest BCUT2D eigenvalue weighted by Gasteiger charge is 2.28. The molecule has 0 spiro atoms. The topological polar surface area (TPSA) is 27.3 Å². The van der Waals surface area contributed by atoms with E-state index < -0.39 is 12.6 Å². The molecule has 1 fully saturated rings. The molecular weight excluding hydrogens is 478 g/mol.